The molecule has 1 heterocycles. The first-order valence-electron chi connectivity index (χ1n) is 7.61. The van der Waals surface area contributed by atoms with Gasteiger partial charge in [-0.25, -0.2) is 4.99 Å². The molecule has 118 valence electrons. The van der Waals surface area contributed by atoms with Crippen LogP contribution in [0.4, 0.5) is 0 Å². The van der Waals surface area contributed by atoms with Crippen LogP contribution in [0.25, 0.3) is 10.9 Å². The van der Waals surface area contributed by atoms with E-state index in [1.165, 1.54) is 10.9 Å². The van der Waals surface area contributed by atoms with Gasteiger partial charge < -0.3 is 15.6 Å². The number of rotatable bonds is 4. The maximum absolute atomic E-state index is 4.68. The standard InChI is InChI=1S/C17H22N4.HI/c1-2-18-17(21-14-8-4-5-9-14)19-12-15-11-13-7-3-6-10-16(13)20-15;/h3-7,10-11,14,20H,2,8-9,12H2,1H3,(H2,18,19,21);1H. The van der Waals surface area contributed by atoms with Crippen molar-refractivity contribution >= 4 is 40.8 Å². The van der Waals surface area contributed by atoms with E-state index in [1.54, 1.807) is 0 Å². The van der Waals surface area contributed by atoms with Crippen molar-refractivity contribution < 1.29 is 0 Å². The number of H-pyrrole nitrogens is 1. The van der Waals surface area contributed by atoms with Gasteiger partial charge in [-0.2, -0.15) is 0 Å². The summed E-state index contributed by atoms with van der Waals surface area (Å²) in [6, 6.07) is 11.0. The first-order chi connectivity index (χ1) is 10.3. The number of hydrogen-bond acceptors (Lipinski definition) is 1. The van der Waals surface area contributed by atoms with Gasteiger partial charge in [-0.15, -0.1) is 24.0 Å². The van der Waals surface area contributed by atoms with E-state index in [2.05, 4.69) is 64.0 Å². The van der Waals surface area contributed by atoms with Crippen LogP contribution in [-0.4, -0.2) is 23.5 Å². The van der Waals surface area contributed by atoms with Crippen LogP contribution in [0, 0.1) is 0 Å². The van der Waals surface area contributed by atoms with Gasteiger partial charge in [0.1, 0.15) is 0 Å². The van der Waals surface area contributed by atoms with Crippen molar-refractivity contribution in [2.24, 2.45) is 4.99 Å². The summed E-state index contributed by atoms with van der Waals surface area (Å²) in [4.78, 5) is 8.09. The van der Waals surface area contributed by atoms with Crippen molar-refractivity contribution in [3.8, 4) is 0 Å². The number of hydrogen-bond donors (Lipinski definition) is 3. The number of guanidine groups is 1. The van der Waals surface area contributed by atoms with E-state index in [9.17, 15) is 0 Å². The summed E-state index contributed by atoms with van der Waals surface area (Å²) >= 11 is 0. The number of aliphatic imine (C=N–C) groups is 1. The van der Waals surface area contributed by atoms with Crippen molar-refractivity contribution in [3.63, 3.8) is 0 Å². The number of aromatic amines is 1. The first kappa shape index (κ1) is 16.9. The van der Waals surface area contributed by atoms with E-state index in [0.717, 1.165) is 31.0 Å². The summed E-state index contributed by atoms with van der Waals surface area (Å²) in [6.07, 6.45) is 6.60. The van der Waals surface area contributed by atoms with E-state index < -0.39 is 0 Å². The molecule has 22 heavy (non-hydrogen) atoms. The number of nitrogens with one attached hydrogen (secondary N) is 3. The van der Waals surface area contributed by atoms with E-state index in [1.807, 2.05) is 6.07 Å². The van der Waals surface area contributed by atoms with E-state index in [-0.39, 0.29) is 24.0 Å². The smallest absolute Gasteiger partial charge is 0.191 e. The molecule has 5 heteroatoms. The quantitative estimate of drug-likeness (QED) is 0.313. The summed E-state index contributed by atoms with van der Waals surface area (Å²) in [5, 5.41) is 8.03. The predicted octanol–water partition coefficient (Wildman–Crippen LogP) is 3.56. The Kier molecular flexibility index (Phi) is 6.30. The topological polar surface area (TPSA) is 52.2 Å². The van der Waals surface area contributed by atoms with Gasteiger partial charge in [-0.1, -0.05) is 30.4 Å². The Hall–Kier alpha value is -1.50. The average Bonchev–Trinajstić information content (AvgIpc) is 3.13. The molecule has 0 fully saturated rings. The fourth-order valence-corrected chi connectivity index (χ4v) is 2.63. The van der Waals surface area contributed by atoms with Gasteiger partial charge in [0.2, 0.25) is 0 Å². The lowest BCUT2D eigenvalue weighted by molar-refractivity contribution is 0.633. The van der Waals surface area contributed by atoms with Crippen LogP contribution in [0.1, 0.15) is 25.5 Å². The van der Waals surface area contributed by atoms with Crippen molar-refractivity contribution in [2.75, 3.05) is 6.54 Å². The molecule has 0 radical (unpaired) electrons. The van der Waals surface area contributed by atoms with Gasteiger partial charge in [-0.3, -0.25) is 0 Å². The molecule has 1 aliphatic rings. The number of fused-ring (bicyclic) bond motifs is 1. The highest BCUT2D eigenvalue weighted by Gasteiger charge is 2.11. The zero-order valence-electron chi connectivity index (χ0n) is 12.8. The summed E-state index contributed by atoms with van der Waals surface area (Å²) in [6.45, 7) is 3.62. The molecule has 0 unspecified atom stereocenters. The van der Waals surface area contributed by atoms with E-state index in [0.29, 0.717) is 12.6 Å². The zero-order valence-corrected chi connectivity index (χ0v) is 15.1. The maximum atomic E-state index is 4.68. The second kappa shape index (κ2) is 8.22. The second-order valence-electron chi connectivity index (χ2n) is 5.36. The Morgan fingerprint density at radius 2 is 2.05 bits per heavy atom. The van der Waals surface area contributed by atoms with Gasteiger partial charge in [0, 0.05) is 23.8 Å². The van der Waals surface area contributed by atoms with Gasteiger partial charge in [0.25, 0.3) is 0 Å². The van der Waals surface area contributed by atoms with Crippen LogP contribution < -0.4 is 10.6 Å². The molecule has 1 aromatic carbocycles. The van der Waals surface area contributed by atoms with E-state index >= 15 is 0 Å². The van der Waals surface area contributed by atoms with E-state index in [4.69, 9.17) is 0 Å². The Bertz CT molecular complexity index is 618. The highest BCUT2D eigenvalue weighted by Crippen LogP contribution is 2.15. The molecule has 0 atom stereocenters. The molecule has 1 aliphatic carbocycles. The lowest BCUT2D eigenvalue weighted by Crippen LogP contribution is -2.42. The molecule has 0 bridgehead atoms. The third-order valence-electron chi connectivity index (χ3n) is 3.69. The molecule has 3 N–H and O–H groups in total. The normalized spacial score (nSPS) is 15.0. The summed E-state index contributed by atoms with van der Waals surface area (Å²) in [5.74, 6) is 0.893. The van der Waals surface area contributed by atoms with Gasteiger partial charge in [0.15, 0.2) is 5.96 Å². The number of para-hydroxylation sites is 1. The fraction of sp³-hybridized carbons (Fsp3) is 0.353. The van der Waals surface area contributed by atoms with Crippen molar-refractivity contribution in [2.45, 2.75) is 32.4 Å². The minimum absolute atomic E-state index is 0. The highest BCUT2D eigenvalue weighted by molar-refractivity contribution is 14.0. The molecule has 0 saturated heterocycles. The Balaban J connectivity index is 0.00000176. The molecular weight excluding hydrogens is 387 g/mol. The van der Waals surface area contributed by atoms with Gasteiger partial charge in [0.05, 0.1) is 6.54 Å². The molecule has 2 aromatic rings. The molecule has 0 saturated carbocycles. The van der Waals surface area contributed by atoms with Crippen LogP contribution >= 0.6 is 24.0 Å². The molecule has 0 aliphatic heterocycles. The number of benzene rings is 1. The largest absolute Gasteiger partial charge is 0.357 e. The first-order valence-corrected chi connectivity index (χ1v) is 7.61. The second-order valence-corrected chi connectivity index (χ2v) is 5.36. The predicted molar refractivity (Wildman–Crippen MR) is 104 cm³/mol. The van der Waals surface area contributed by atoms with Crippen LogP contribution in [0.2, 0.25) is 0 Å². The zero-order chi connectivity index (χ0) is 14.5. The summed E-state index contributed by atoms with van der Waals surface area (Å²) in [5.41, 5.74) is 2.30. The maximum Gasteiger partial charge on any atom is 0.191 e. The molecule has 1 aromatic heterocycles. The molecule has 3 rings (SSSR count). The Labute approximate surface area is 148 Å². The third-order valence-corrected chi connectivity index (χ3v) is 3.69. The lowest BCUT2D eigenvalue weighted by Gasteiger charge is -2.16. The van der Waals surface area contributed by atoms with Crippen LogP contribution in [0.15, 0.2) is 47.5 Å². The SMILES string of the molecule is CCNC(=NCc1cc2ccccc2[nH]1)NC1CC=CC1.I. The van der Waals surface area contributed by atoms with Gasteiger partial charge >= 0.3 is 0 Å². The third kappa shape index (κ3) is 4.25. The lowest BCUT2D eigenvalue weighted by atomic mass is 10.2. The molecule has 0 amide bonds. The summed E-state index contributed by atoms with van der Waals surface area (Å²) in [7, 11) is 0. The number of nitrogens with zero attached hydrogens (tertiary/aromatic N) is 1. The highest BCUT2D eigenvalue weighted by atomic mass is 127. The minimum Gasteiger partial charge on any atom is -0.357 e. The Morgan fingerprint density at radius 3 is 2.77 bits per heavy atom. The fourth-order valence-electron chi connectivity index (χ4n) is 2.63. The number of halogens is 1. The average molecular weight is 410 g/mol. The molecule has 4 nitrogen and oxygen atoms in total. The van der Waals surface area contributed by atoms with Gasteiger partial charge in [-0.05, 0) is 37.3 Å². The van der Waals surface area contributed by atoms with Crippen molar-refractivity contribution in [1.82, 2.24) is 15.6 Å². The molecule has 0 spiro atoms. The summed E-state index contributed by atoms with van der Waals surface area (Å²) < 4.78 is 0. The number of aromatic nitrogens is 1. The minimum atomic E-state index is 0. The molecular formula is C17H23IN4. The van der Waals surface area contributed by atoms with Crippen molar-refractivity contribution in [3.05, 3.63) is 48.2 Å². The van der Waals surface area contributed by atoms with Crippen LogP contribution in [0.5, 0.6) is 0 Å². The monoisotopic (exact) mass is 410 g/mol. The van der Waals surface area contributed by atoms with Crippen LogP contribution in [0.3, 0.4) is 0 Å². The Morgan fingerprint density at radius 1 is 1.27 bits per heavy atom. The van der Waals surface area contributed by atoms with Crippen molar-refractivity contribution in [1.29, 1.82) is 0 Å². The van der Waals surface area contributed by atoms with Crippen LogP contribution in [-0.2, 0) is 6.54 Å².